The number of aryl methyl sites for hydroxylation is 1. The molecule has 0 atom stereocenters. The molecule has 5 aromatic rings. The van der Waals surface area contributed by atoms with Crippen LogP contribution in [0.2, 0.25) is 0 Å². The summed E-state index contributed by atoms with van der Waals surface area (Å²) in [5.41, 5.74) is 8.93. The van der Waals surface area contributed by atoms with Crippen LogP contribution in [0.5, 0.6) is 0 Å². The molecule has 1 N–H and O–H groups in total. The van der Waals surface area contributed by atoms with Crippen LogP contribution in [0, 0.1) is 6.92 Å². The van der Waals surface area contributed by atoms with Gasteiger partial charge >= 0.3 is 5.97 Å². The largest absolute Gasteiger partial charge is 0.481 e. The fourth-order valence-electron chi connectivity index (χ4n) is 5.02. The summed E-state index contributed by atoms with van der Waals surface area (Å²) in [5.74, 6) is 0.0681. The smallest absolute Gasteiger partial charge is 0.314 e. The SMILES string of the molecule is Cc1noc(-c2ccc(-c3ccc(C4(C(=O)O)CC4)cc3)cc2)c1Cc1ccc(-c2ccccc2)cc1. The average Bonchev–Trinajstić information content (AvgIpc) is 3.69. The number of carboxylic acids is 1. The number of aliphatic carboxylic acids is 1. The Labute approximate surface area is 216 Å². The summed E-state index contributed by atoms with van der Waals surface area (Å²) >= 11 is 0. The molecule has 1 fully saturated rings. The van der Waals surface area contributed by atoms with Gasteiger partial charge < -0.3 is 9.63 Å². The Hall–Kier alpha value is -4.44. The Morgan fingerprint density at radius 2 is 1.27 bits per heavy atom. The summed E-state index contributed by atoms with van der Waals surface area (Å²) in [7, 11) is 0. The van der Waals surface area contributed by atoms with Crippen molar-refractivity contribution in [3.63, 3.8) is 0 Å². The number of hydrogen-bond donors (Lipinski definition) is 1. The van der Waals surface area contributed by atoms with Crippen molar-refractivity contribution < 1.29 is 14.4 Å². The van der Waals surface area contributed by atoms with Crippen molar-refractivity contribution in [2.75, 3.05) is 0 Å². The second kappa shape index (κ2) is 9.21. The van der Waals surface area contributed by atoms with Crippen molar-refractivity contribution in [2.24, 2.45) is 0 Å². The highest BCUT2D eigenvalue weighted by Crippen LogP contribution is 2.48. The predicted molar refractivity (Wildman–Crippen MR) is 145 cm³/mol. The highest BCUT2D eigenvalue weighted by molar-refractivity contribution is 5.85. The van der Waals surface area contributed by atoms with Gasteiger partial charge in [0, 0.05) is 17.5 Å². The maximum Gasteiger partial charge on any atom is 0.314 e. The van der Waals surface area contributed by atoms with Gasteiger partial charge in [-0.3, -0.25) is 4.79 Å². The normalized spacial score (nSPS) is 13.9. The molecule has 37 heavy (non-hydrogen) atoms. The minimum atomic E-state index is -0.727. The lowest BCUT2D eigenvalue weighted by Crippen LogP contribution is -2.19. The van der Waals surface area contributed by atoms with Crippen molar-refractivity contribution in [1.29, 1.82) is 0 Å². The van der Waals surface area contributed by atoms with E-state index in [2.05, 4.69) is 78.0 Å². The monoisotopic (exact) mass is 485 g/mol. The van der Waals surface area contributed by atoms with Gasteiger partial charge in [-0.25, -0.2) is 0 Å². The van der Waals surface area contributed by atoms with Gasteiger partial charge in [0.1, 0.15) is 0 Å². The molecule has 1 aliphatic rings. The van der Waals surface area contributed by atoms with Crippen LogP contribution in [0.15, 0.2) is 108 Å². The summed E-state index contributed by atoms with van der Waals surface area (Å²) in [6.45, 7) is 1.99. The van der Waals surface area contributed by atoms with Gasteiger partial charge in [-0.15, -0.1) is 0 Å². The first-order valence-corrected chi connectivity index (χ1v) is 12.6. The van der Waals surface area contributed by atoms with Gasteiger partial charge in [0.15, 0.2) is 5.76 Å². The maximum atomic E-state index is 11.6. The molecule has 4 heteroatoms. The Kier molecular flexibility index (Phi) is 5.72. The lowest BCUT2D eigenvalue weighted by molar-refractivity contribution is -0.140. The fourth-order valence-corrected chi connectivity index (χ4v) is 5.02. The number of carboxylic acid groups (broad SMARTS) is 1. The van der Waals surface area contributed by atoms with E-state index in [0.29, 0.717) is 12.8 Å². The van der Waals surface area contributed by atoms with E-state index in [0.717, 1.165) is 45.7 Å². The van der Waals surface area contributed by atoms with Crippen LogP contribution in [-0.4, -0.2) is 16.2 Å². The van der Waals surface area contributed by atoms with Gasteiger partial charge in [0.2, 0.25) is 0 Å². The van der Waals surface area contributed by atoms with Gasteiger partial charge in [0.05, 0.1) is 11.1 Å². The third-order valence-corrected chi connectivity index (χ3v) is 7.50. The van der Waals surface area contributed by atoms with Crippen molar-refractivity contribution >= 4 is 5.97 Å². The van der Waals surface area contributed by atoms with E-state index in [1.807, 2.05) is 37.3 Å². The zero-order chi connectivity index (χ0) is 25.4. The number of aromatic nitrogens is 1. The molecule has 0 spiro atoms. The molecule has 6 rings (SSSR count). The van der Waals surface area contributed by atoms with Crippen LogP contribution in [0.25, 0.3) is 33.6 Å². The lowest BCUT2D eigenvalue weighted by atomic mass is 9.93. The molecule has 1 saturated carbocycles. The van der Waals surface area contributed by atoms with E-state index in [-0.39, 0.29) is 0 Å². The van der Waals surface area contributed by atoms with Gasteiger partial charge in [0.25, 0.3) is 0 Å². The second-order valence-corrected chi connectivity index (χ2v) is 9.86. The van der Waals surface area contributed by atoms with Crippen LogP contribution in [0.1, 0.15) is 35.2 Å². The molecule has 0 unspecified atom stereocenters. The van der Waals surface area contributed by atoms with E-state index in [9.17, 15) is 9.90 Å². The van der Waals surface area contributed by atoms with E-state index < -0.39 is 11.4 Å². The molecule has 4 aromatic carbocycles. The molecule has 0 saturated heterocycles. The number of carbonyl (C=O) groups is 1. The van der Waals surface area contributed by atoms with Crippen LogP contribution in [0.3, 0.4) is 0 Å². The first-order valence-electron chi connectivity index (χ1n) is 12.6. The van der Waals surface area contributed by atoms with Crippen molar-refractivity contribution in [2.45, 2.75) is 31.6 Å². The highest BCUT2D eigenvalue weighted by Gasteiger charge is 2.51. The van der Waals surface area contributed by atoms with Crippen LogP contribution < -0.4 is 0 Å². The Morgan fingerprint density at radius 3 is 1.84 bits per heavy atom. The summed E-state index contributed by atoms with van der Waals surface area (Å²) in [4.78, 5) is 11.6. The summed E-state index contributed by atoms with van der Waals surface area (Å²) in [6.07, 6.45) is 2.17. The second-order valence-electron chi connectivity index (χ2n) is 9.86. The van der Waals surface area contributed by atoms with E-state index >= 15 is 0 Å². The van der Waals surface area contributed by atoms with E-state index in [1.165, 1.54) is 16.7 Å². The minimum absolute atomic E-state index is 0.676. The number of nitrogens with zero attached hydrogens (tertiary/aromatic N) is 1. The minimum Gasteiger partial charge on any atom is -0.481 e. The topological polar surface area (TPSA) is 63.3 Å². The highest BCUT2D eigenvalue weighted by atomic mass is 16.5. The third kappa shape index (κ3) is 4.36. The summed E-state index contributed by atoms with van der Waals surface area (Å²) in [5, 5.41) is 13.8. The molecule has 0 amide bonds. The fraction of sp³-hybridized carbons (Fsp3) is 0.152. The number of hydrogen-bond acceptors (Lipinski definition) is 3. The Balaban J connectivity index is 1.21. The summed E-state index contributed by atoms with van der Waals surface area (Å²) in [6, 6.07) is 35.2. The van der Waals surface area contributed by atoms with Gasteiger partial charge in [-0.2, -0.15) is 0 Å². The quantitative estimate of drug-likeness (QED) is 0.257. The van der Waals surface area contributed by atoms with Crippen molar-refractivity contribution in [3.05, 3.63) is 126 Å². The van der Waals surface area contributed by atoms with Crippen LogP contribution >= 0.6 is 0 Å². The maximum absolute atomic E-state index is 11.6. The van der Waals surface area contributed by atoms with Crippen LogP contribution in [0.4, 0.5) is 0 Å². The molecule has 1 heterocycles. The zero-order valence-corrected chi connectivity index (χ0v) is 20.6. The van der Waals surface area contributed by atoms with E-state index in [4.69, 9.17) is 4.52 Å². The van der Waals surface area contributed by atoms with Gasteiger partial charge in [-0.1, -0.05) is 108 Å². The van der Waals surface area contributed by atoms with Crippen LogP contribution in [-0.2, 0) is 16.6 Å². The Bertz CT molecular complexity index is 1540. The Morgan fingerprint density at radius 1 is 0.757 bits per heavy atom. The standard InChI is InChI=1S/C33H27NO3/c1-22-30(21-23-7-9-25(10-8-23)24-5-3-2-4-6-24)31(37-34-22)28-13-11-26(12-14-28)27-15-17-29(18-16-27)33(19-20-33)32(35)36/h2-18H,19-21H2,1H3,(H,35,36). The lowest BCUT2D eigenvalue weighted by Gasteiger charge is -2.11. The molecule has 0 aliphatic heterocycles. The van der Waals surface area contributed by atoms with Crippen molar-refractivity contribution in [1.82, 2.24) is 5.16 Å². The molecular formula is C33H27NO3. The van der Waals surface area contributed by atoms with Crippen molar-refractivity contribution in [3.8, 4) is 33.6 Å². The molecule has 0 bridgehead atoms. The molecule has 4 nitrogen and oxygen atoms in total. The molecular weight excluding hydrogens is 458 g/mol. The number of benzene rings is 4. The number of rotatable bonds is 7. The predicted octanol–water partition coefficient (Wildman–Crippen LogP) is 7.69. The molecule has 182 valence electrons. The summed E-state index contributed by atoms with van der Waals surface area (Å²) < 4.78 is 5.77. The molecule has 1 aliphatic carbocycles. The molecule has 1 aromatic heterocycles. The zero-order valence-electron chi connectivity index (χ0n) is 20.6. The average molecular weight is 486 g/mol. The van der Waals surface area contributed by atoms with Gasteiger partial charge in [-0.05, 0) is 53.1 Å². The first kappa shape index (κ1) is 23.0. The molecule has 0 radical (unpaired) electrons. The van der Waals surface area contributed by atoms with E-state index in [1.54, 1.807) is 0 Å². The third-order valence-electron chi connectivity index (χ3n) is 7.50. The first-order chi connectivity index (χ1) is 18.0.